The molecule has 188 valence electrons. The van der Waals surface area contributed by atoms with Gasteiger partial charge in [-0.15, -0.1) is 0 Å². The molecule has 1 saturated carbocycles. The van der Waals surface area contributed by atoms with Gasteiger partial charge in [-0.25, -0.2) is 4.79 Å². The first-order valence-corrected chi connectivity index (χ1v) is 11.4. The van der Waals surface area contributed by atoms with Crippen molar-refractivity contribution in [3.8, 4) is 0 Å². The van der Waals surface area contributed by atoms with Crippen molar-refractivity contribution < 1.29 is 32.7 Å². The SMILES string of the molecule is O=C(O)NC1CC[C@H](NC(=O)CNC(=O)c2cccc(C(F)(F)F)c2)[C@H](CCc2ccccc2)C1. The third kappa shape index (κ3) is 8.01. The molecule has 4 N–H and O–H groups in total. The van der Waals surface area contributed by atoms with Gasteiger partial charge in [-0.05, 0) is 61.8 Å². The molecule has 0 spiro atoms. The normalized spacial score (nSPS) is 20.0. The van der Waals surface area contributed by atoms with E-state index in [-0.39, 0.29) is 30.1 Å². The summed E-state index contributed by atoms with van der Waals surface area (Å²) >= 11 is 0. The van der Waals surface area contributed by atoms with Crippen molar-refractivity contribution in [2.75, 3.05) is 6.54 Å². The summed E-state index contributed by atoms with van der Waals surface area (Å²) in [4.78, 5) is 35.9. The highest BCUT2D eigenvalue weighted by atomic mass is 19.4. The Morgan fingerprint density at radius 3 is 2.40 bits per heavy atom. The third-order valence-electron chi connectivity index (χ3n) is 6.16. The lowest BCUT2D eigenvalue weighted by Crippen LogP contribution is -2.50. The maximum absolute atomic E-state index is 12.9. The fourth-order valence-electron chi connectivity index (χ4n) is 4.43. The minimum Gasteiger partial charge on any atom is -0.465 e. The molecular weight excluding hydrogens is 463 g/mol. The fraction of sp³-hybridized carbons (Fsp3) is 0.400. The molecular formula is C25H28F3N3O4. The van der Waals surface area contributed by atoms with Crippen LogP contribution in [0.25, 0.3) is 0 Å². The Morgan fingerprint density at radius 1 is 0.971 bits per heavy atom. The average Bonchev–Trinajstić information content (AvgIpc) is 2.82. The first kappa shape index (κ1) is 26.1. The number of halogens is 3. The standard InChI is InChI=1S/C25H28F3N3O4/c26-25(27,28)19-8-4-7-18(13-19)23(33)29-15-22(32)31-21-12-11-20(30-24(34)35)14-17(21)10-9-16-5-2-1-3-6-16/h1-8,13,17,20-21,30H,9-12,14-15H2,(H,29,33)(H,31,32)(H,34,35)/t17-,20?,21+/m1/s1. The molecule has 2 aromatic carbocycles. The van der Waals surface area contributed by atoms with Crippen molar-refractivity contribution in [2.45, 2.75) is 50.4 Å². The van der Waals surface area contributed by atoms with Crippen LogP contribution in [-0.2, 0) is 17.4 Å². The van der Waals surface area contributed by atoms with Gasteiger partial charge in [0.05, 0.1) is 12.1 Å². The molecule has 7 nitrogen and oxygen atoms in total. The summed E-state index contributed by atoms with van der Waals surface area (Å²) < 4.78 is 38.6. The second-order valence-electron chi connectivity index (χ2n) is 8.68. The van der Waals surface area contributed by atoms with Gasteiger partial charge in [0.2, 0.25) is 5.91 Å². The molecule has 1 aliphatic rings. The highest BCUT2D eigenvalue weighted by Crippen LogP contribution is 2.30. The molecule has 1 fully saturated rings. The number of carboxylic acid groups (broad SMARTS) is 1. The van der Waals surface area contributed by atoms with Crippen LogP contribution in [0.5, 0.6) is 0 Å². The lowest BCUT2D eigenvalue weighted by atomic mass is 9.78. The van der Waals surface area contributed by atoms with E-state index in [4.69, 9.17) is 5.11 Å². The molecule has 0 aliphatic heterocycles. The zero-order valence-corrected chi connectivity index (χ0v) is 19.0. The van der Waals surface area contributed by atoms with Crippen LogP contribution in [0.3, 0.4) is 0 Å². The highest BCUT2D eigenvalue weighted by Gasteiger charge is 2.33. The Labute approximate surface area is 201 Å². The maximum Gasteiger partial charge on any atom is 0.416 e. The van der Waals surface area contributed by atoms with Crippen molar-refractivity contribution in [1.82, 2.24) is 16.0 Å². The minimum absolute atomic E-state index is 0.0175. The summed E-state index contributed by atoms with van der Waals surface area (Å²) in [6.45, 7) is -0.381. The summed E-state index contributed by atoms with van der Waals surface area (Å²) in [7, 11) is 0. The van der Waals surface area contributed by atoms with Crippen LogP contribution >= 0.6 is 0 Å². The largest absolute Gasteiger partial charge is 0.465 e. The second-order valence-corrected chi connectivity index (χ2v) is 8.68. The Bertz CT molecular complexity index is 1030. The molecule has 35 heavy (non-hydrogen) atoms. The van der Waals surface area contributed by atoms with Gasteiger partial charge in [-0.2, -0.15) is 13.2 Å². The zero-order chi connectivity index (χ0) is 25.4. The molecule has 3 amide bonds. The smallest absolute Gasteiger partial charge is 0.416 e. The number of carbonyl (C=O) groups excluding carboxylic acids is 2. The van der Waals surface area contributed by atoms with Gasteiger partial charge >= 0.3 is 12.3 Å². The summed E-state index contributed by atoms with van der Waals surface area (Å²) in [6, 6.07) is 13.4. The molecule has 0 radical (unpaired) electrons. The van der Waals surface area contributed by atoms with Crippen LogP contribution in [0.15, 0.2) is 54.6 Å². The number of carbonyl (C=O) groups is 3. The number of hydrogen-bond donors (Lipinski definition) is 4. The second kappa shape index (κ2) is 11.7. The minimum atomic E-state index is -4.57. The number of nitrogens with one attached hydrogen (secondary N) is 3. The molecule has 3 rings (SSSR count). The van der Waals surface area contributed by atoms with Crippen LogP contribution in [0.2, 0.25) is 0 Å². The Balaban J connectivity index is 1.57. The van der Waals surface area contributed by atoms with Gasteiger partial charge in [0.15, 0.2) is 0 Å². The Kier molecular flexibility index (Phi) is 8.73. The Hall–Kier alpha value is -3.56. The zero-order valence-electron chi connectivity index (χ0n) is 19.0. The average molecular weight is 492 g/mol. The van der Waals surface area contributed by atoms with Crippen molar-refractivity contribution in [3.63, 3.8) is 0 Å². The maximum atomic E-state index is 12.9. The quantitative estimate of drug-likeness (QED) is 0.448. The summed E-state index contributed by atoms with van der Waals surface area (Å²) in [5.41, 5.74) is 0.00968. The van der Waals surface area contributed by atoms with Crippen LogP contribution in [0.4, 0.5) is 18.0 Å². The molecule has 2 aromatic rings. The van der Waals surface area contributed by atoms with Crippen LogP contribution in [-0.4, -0.2) is 41.6 Å². The van der Waals surface area contributed by atoms with Gasteiger partial charge in [0, 0.05) is 17.6 Å². The van der Waals surface area contributed by atoms with Crippen LogP contribution < -0.4 is 16.0 Å². The van der Waals surface area contributed by atoms with E-state index in [2.05, 4.69) is 16.0 Å². The van der Waals surface area contributed by atoms with Gasteiger partial charge in [0.1, 0.15) is 0 Å². The van der Waals surface area contributed by atoms with E-state index in [0.717, 1.165) is 36.6 Å². The molecule has 0 bridgehead atoms. The number of aryl methyl sites for hydroxylation is 1. The molecule has 10 heteroatoms. The summed E-state index contributed by atoms with van der Waals surface area (Å²) in [5, 5.41) is 16.9. The van der Waals surface area contributed by atoms with Crippen molar-refractivity contribution in [3.05, 3.63) is 71.3 Å². The van der Waals surface area contributed by atoms with E-state index in [1.54, 1.807) is 0 Å². The van der Waals surface area contributed by atoms with E-state index in [0.29, 0.717) is 19.3 Å². The van der Waals surface area contributed by atoms with Gasteiger partial charge in [-0.3, -0.25) is 9.59 Å². The number of amides is 3. The first-order chi connectivity index (χ1) is 16.6. The van der Waals surface area contributed by atoms with Gasteiger partial charge < -0.3 is 21.1 Å². The third-order valence-corrected chi connectivity index (χ3v) is 6.16. The van der Waals surface area contributed by atoms with E-state index in [1.165, 1.54) is 6.07 Å². The molecule has 0 heterocycles. The van der Waals surface area contributed by atoms with E-state index < -0.39 is 29.6 Å². The predicted molar refractivity (Wildman–Crippen MR) is 123 cm³/mol. The van der Waals surface area contributed by atoms with Crippen LogP contribution in [0, 0.1) is 5.92 Å². The van der Waals surface area contributed by atoms with Gasteiger partial charge in [0.25, 0.3) is 5.91 Å². The predicted octanol–water partition coefficient (Wildman–Crippen LogP) is 3.99. The highest BCUT2D eigenvalue weighted by molar-refractivity contribution is 5.96. The topological polar surface area (TPSA) is 108 Å². The number of benzene rings is 2. The molecule has 3 atom stereocenters. The molecule has 0 saturated heterocycles. The number of rotatable bonds is 8. The van der Waals surface area contributed by atoms with Crippen LogP contribution in [0.1, 0.15) is 47.2 Å². The van der Waals surface area contributed by atoms with E-state index in [9.17, 15) is 27.6 Å². The first-order valence-electron chi connectivity index (χ1n) is 11.4. The summed E-state index contributed by atoms with van der Waals surface area (Å²) in [5.74, 6) is -1.21. The molecule has 1 aliphatic carbocycles. The Morgan fingerprint density at radius 2 is 1.71 bits per heavy atom. The van der Waals surface area contributed by atoms with Crippen molar-refractivity contribution >= 4 is 17.9 Å². The lowest BCUT2D eigenvalue weighted by molar-refractivity contribution is -0.137. The molecule has 0 aromatic heterocycles. The van der Waals surface area contributed by atoms with Crippen molar-refractivity contribution in [2.24, 2.45) is 5.92 Å². The lowest BCUT2D eigenvalue weighted by Gasteiger charge is -2.36. The van der Waals surface area contributed by atoms with Gasteiger partial charge in [-0.1, -0.05) is 36.4 Å². The van der Waals surface area contributed by atoms with Crippen molar-refractivity contribution in [1.29, 1.82) is 0 Å². The monoisotopic (exact) mass is 491 g/mol. The van der Waals surface area contributed by atoms with E-state index >= 15 is 0 Å². The molecule has 1 unspecified atom stereocenters. The fourth-order valence-corrected chi connectivity index (χ4v) is 4.43. The number of alkyl halides is 3. The number of hydrogen-bond acceptors (Lipinski definition) is 3. The summed E-state index contributed by atoms with van der Waals surface area (Å²) in [6.07, 6.45) is -2.45. The van der Waals surface area contributed by atoms with E-state index in [1.807, 2.05) is 30.3 Å².